The van der Waals surface area contributed by atoms with Gasteiger partial charge in [0.2, 0.25) is 5.91 Å². The Bertz CT molecular complexity index is 1030. The van der Waals surface area contributed by atoms with Gasteiger partial charge in [-0.25, -0.2) is 9.48 Å². The second kappa shape index (κ2) is 7.59. The second-order valence-corrected chi connectivity index (χ2v) is 7.61. The largest absolute Gasteiger partial charge is 0.476 e. The zero-order chi connectivity index (χ0) is 19.7. The first-order valence-electron chi connectivity index (χ1n) is 8.94. The van der Waals surface area contributed by atoms with E-state index in [9.17, 15) is 14.7 Å². The predicted molar refractivity (Wildman–Crippen MR) is 107 cm³/mol. The van der Waals surface area contributed by atoms with E-state index in [-0.39, 0.29) is 18.1 Å². The number of amides is 1. The monoisotopic (exact) mass is 439 g/mol. The van der Waals surface area contributed by atoms with Crippen LogP contribution >= 0.6 is 15.9 Å². The maximum atomic E-state index is 12.7. The van der Waals surface area contributed by atoms with Crippen LogP contribution in [0.1, 0.15) is 27.3 Å². The van der Waals surface area contributed by atoms with Gasteiger partial charge < -0.3 is 10.0 Å². The van der Waals surface area contributed by atoms with Gasteiger partial charge in [-0.1, -0.05) is 46.3 Å². The maximum absolute atomic E-state index is 12.7. The van der Waals surface area contributed by atoms with E-state index in [0.29, 0.717) is 24.9 Å². The lowest BCUT2D eigenvalue weighted by Gasteiger charge is -2.28. The van der Waals surface area contributed by atoms with Crippen molar-refractivity contribution in [1.29, 1.82) is 0 Å². The summed E-state index contributed by atoms with van der Waals surface area (Å²) in [5.74, 6) is -1.09. The van der Waals surface area contributed by atoms with Gasteiger partial charge in [0.25, 0.3) is 0 Å². The van der Waals surface area contributed by atoms with Gasteiger partial charge in [-0.15, -0.1) is 0 Å². The molecular weight excluding hydrogens is 422 g/mol. The lowest BCUT2D eigenvalue weighted by atomic mass is 10.0. The molecule has 142 valence electrons. The number of aromatic nitrogens is 2. The molecule has 1 N–H and O–H groups in total. The first kappa shape index (κ1) is 18.4. The molecule has 0 bridgehead atoms. The lowest BCUT2D eigenvalue weighted by Crippen LogP contribution is -2.37. The Morgan fingerprint density at radius 1 is 1.07 bits per heavy atom. The number of carbonyl (C=O) groups is 2. The lowest BCUT2D eigenvalue weighted by molar-refractivity contribution is -0.131. The number of aromatic carboxylic acids is 1. The molecule has 0 atom stereocenters. The Labute approximate surface area is 170 Å². The molecule has 0 radical (unpaired) electrons. The predicted octanol–water partition coefficient (Wildman–Crippen LogP) is 3.46. The molecule has 2 heterocycles. The molecule has 0 fully saturated rings. The molecule has 3 aromatic rings. The Balaban J connectivity index is 1.63. The SMILES string of the molecule is O=C(O)c1nn(-c2ccc(Br)cc2)c2c1CN(C(=O)Cc1ccccc1)CC2. The van der Waals surface area contributed by atoms with E-state index < -0.39 is 5.97 Å². The number of nitrogens with zero attached hydrogens (tertiary/aromatic N) is 3. The molecule has 1 aliphatic heterocycles. The number of fused-ring (bicyclic) bond motifs is 1. The fraction of sp³-hybridized carbons (Fsp3) is 0.190. The van der Waals surface area contributed by atoms with Crippen LogP contribution in [0.15, 0.2) is 59.1 Å². The summed E-state index contributed by atoms with van der Waals surface area (Å²) in [7, 11) is 0. The molecule has 1 aromatic heterocycles. The van der Waals surface area contributed by atoms with Crippen molar-refractivity contribution in [3.63, 3.8) is 0 Å². The highest BCUT2D eigenvalue weighted by Crippen LogP contribution is 2.26. The number of carbonyl (C=O) groups excluding carboxylic acids is 1. The van der Waals surface area contributed by atoms with Crippen molar-refractivity contribution in [2.45, 2.75) is 19.4 Å². The number of hydrogen-bond acceptors (Lipinski definition) is 3. The van der Waals surface area contributed by atoms with Crippen LogP contribution in [0.2, 0.25) is 0 Å². The van der Waals surface area contributed by atoms with E-state index in [1.165, 1.54) is 0 Å². The van der Waals surface area contributed by atoms with Gasteiger partial charge in [0.1, 0.15) is 0 Å². The molecule has 0 saturated carbocycles. The molecule has 0 unspecified atom stereocenters. The molecule has 0 aliphatic carbocycles. The van der Waals surface area contributed by atoms with Gasteiger partial charge in [0.15, 0.2) is 5.69 Å². The van der Waals surface area contributed by atoms with Gasteiger partial charge in [0, 0.05) is 29.5 Å². The van der Waals surface area contributed by atoms with E-state index in [1.54, 1.807) is 9.58 Å². The first-order chi connectivity index (χ1) is 13.5. The van der Waals surface area contributed by atoms with E-state index in [4.69, 9.17) is 0 Å². The third kappa shape index (κ3) is 3.57. The standard InChI is InChI=1S/C21H18BrN3O3/c22-15-6-8-16(9-7-15)25-18-10-11-24(13-17(18)20(23-25)21(27)28)19(26)12-14-4-2-1-3-5-14/h1-9H,10-13H2,(H,27,28). The van der Waals surface area contributed by atoms with Crippen molar-refractivity contribution in [2.24, 2.45) is 0 Å². The maximum Gasteiger partial charge on any atom is 0.356 e. The molecule has 28 heavy (non-hydrogen) atoms. The van der Waals surface area contributed by atoms with Crippen molar-refractivity contribution in [2.75, 3.05) is 6.54 Å². The van der Waals surface area contributed by atoms with Gasteiger partial charge in [-0.2, -0.15) is 5.10 Å². The van der Waals surface area contributed by atoms with Crippen LogP contribution in [-0.2, 0) is 24.2 Å². The van der Waals surface area contributed by atoms with Crippen molar-refractivity contribution >= 4 is 27.8 Å². The van der Waals surface area contributed by atoms with Crippen LogP contribution in [0.3, 0.4) is 0 Å². The summed E-state index contributed by atoms with van der Waals surface area (Å²) in [5, 5.41) is 14.0. The summed E-state index contributed by atoms with van der Waals surface area (Å²) in [6, 6.07) is 17.1. The van der Waals surface area contributed by atoms with Crippen molar-refractivity contribution in [3.05, 3.63) is 81.6 Å². The molecule has 6 nitrogen and oxygen atoms in total. The van der Waals surface area contributed by atoms with Crippen LogP contribution in [0.5, 0.6) is 0 Å². The van der Waals surface area contributed by atoms with Crippen LogP contribution in [-0.4, -0.2) is 38.2 Å². The minimum Gasteiger partial charge on any atom is -0.476 e. The molecular formula is C21H18BrN3O3. The van der Waals surface area contributed by atoms with Crippen molar-refractivity contribution < 1.29 is 14.7 Å². The molecule has 2 aromatic carbocycles. The number of carboxylic acid groups (broad SMARTS) is 1. The molecule has 1 amide bonds. The highest BCUT2D eigenvalue weighted by molar-refractivity contribution is 9.10. The number of hydrogen-bond donors (Lipinski definition) is 1. The average Bonchev–Trinajstić information content (AvgIpc) is 3.08. The quantitative estimate of drug-likeness (QED) is 0.675. The zero-order valence-electron chi connectivity index (χ0n) is 15.0. The third-order valence-corrected chi connectivity index (χ3v) is 5.41. The van der Waals surface area contributed by atoms with E-state index in [1.807, 2.05) is 54.6 Å². The fourth-order valence-corrected chi connectivity index (χ4v) is 3.75. The molecule has 1 aliphatic rings. The van der Waals surface area contributed by atoms with Crippen LogP contribution in [0.25, 0.3) is 5.69 Å². The Kier molecular flexibility index (Phi) is 5.00. The average molecular weight is 440 g/mol. The fourth-order valence-electron chi connectivity index (χ4n) is 3.48. The summed E-state index contributed by atoms with van der Waals surface area (Å²) < 4.78 is 2.62. The van der Waals surface area contributed by atoms with E-state index >= 15 is 0 Å². The highest BCUT2D eigenvalue weighted by atomic mass is 79.9. The Hall–Kier alpha value is -2.93. The minimum atomic E-state index is -1.08. The highest BCUT2D eigenvalue weighted by Gasteiger charge is 2.30. The van der Waals surface area contributed by atoms with E-state index in [0.717, 1.165) is 21.4 Å². The van der Waals surface area contributed by atoms with Gasteiger partial charge in [0.05, 0.1) is 17.8 Å². The second-order valence-electron chi connectivity index (χ2n) is 6.69. The summed E-state index contributed by atoms with van der Waals surface area (Å²) in [6.07, 6.45) is 0.867. The van der Waals surface area contributed by atoms with Crippen LogP contribution < -0.4 is 0 Å². The molecule has 7 heteroatoms. The smallest absolute Gasteiger partial charge is 0.356 e. The van der Waals surface area contributed by atoms with Gasteiger partial charge in [-0.3, -0.25) is 4.79 Å². The van der Waals surface area contributed by atoms with Crippen molar-refractivity contribution in [3.8, 4) is 5.69 Å². The van der Waals surface area contributed by atoms with Gasteiger partial charge >= 0.3 is 5.97 Å². The summed E-state index contributed by atoms with van der Waals surface area (Å²) in [4.78, 5) is 26.2. The summed E-state index contributed by atoms with van der Waals surface area (Å²) in [6.45, 7) is 0.805. The molecule has 4 rings (SSSR count). The first-order valence-corrected chi connectivity index (χ1v) is 9.74. The summed E-state index contributed by atoms with van der Waals surface area (Å²) >= 11 is 3.40. The Morgan fingerprint density at radius 3 is 2.46 bits per heavy atom. The minimum absolute atomic E-state index is 0.00938. The number of carboxylic acids is 1. The summed E-state index contributed by atoms with van der Waals surface area (Å²) in [5.41, 5.74) is 3.22. The number of rotatable bonds is 4. The zero-order valence-corrected chi connectivity index (χ0v) is 16.6. The number of halogens is 1. The number of benzene rings is 2. The normalized spacial score (nSPS) is 13.2. The Morgan fingerprint density at radius 2 is 1.79 bits per heavy atom. The third-order valence-electron chi connectivity index (χ3n) is 4.88. The van der Waals surface area contributed by atoms with Crippen LogP contribution in [0.4, 0.5) is 0 Å². The van der Waals surface area contributed by atoms with Gasteiger partial charge in [-0.05, 0) is 29.8 Å². The van der Waals surface area contributed by atoms with Crippen molar-refractivity contribution in [1.82, 2.24) is 14.7 Å². The van der Waals surface area contributed by atoms with Crippen LogP contribution in [0, 0.1) is 0 Å². The topological polar surface area (TPSA) is 75.4 Å². The van der Waals surface area contributed by atoms with E-state index in [2.05, 4.69) is 21.0 Å². The molecule has 0 spiro atoms. The molecule has 0 saturated heterocycles.